The number of benzene rings is 5. The standard InChI is InChI=1S/C34H18N2/c1-36-24-16-14-23(15-17-24)34-28-9-5-3-7-26(28)30-18-31-29(19-32(30)34)25-6-2-4-8-27(25)33(31)22-12-10-21(20-35)11-13-22/h2-19H. The molecule has 0 heterocycles. The molecule has 36 heavy (non-hydrogen) atoms. The van der Waals surface area contributed by atoms with Crippen LogP contribution in [0.2, 0.25) is 0 Å². The van der Waals surface area contributed by atoms with Gasteiger partial charge in [-0.05, 0) is 90.4 Å². The third-order valence-corrected chi connectivity index (χ3v) is 7.26. The summed E-state index contributed by atoms with van der Waals surface area (Å²) >= 11 is 0. The Morgan fingerprint density at radius 3 is 1.42 bits per heavy atom. The molecule has 0 bridgehead atoms. The molecule has 2 aliphatic carbocycles. The average Bonchev–Trinajstić information content (AvgIpc) is 3.44. The van der Waals surface area contributed by atoms with Crippen LogP contribution in [-0.4, -0.2) is 0 Å². The van der Waals surface area contributed by atoms with E-state index in [-0.39, 0.29) is 0 Å². The van der Waals surface area contributed by atoms with Crippen molar-refractivity contribution in [2.45, 2.75) is 0 Å². The monoisotopic (exact) mass is 454 g/mol. The van der Waals surface area contributed by atoms with Gasteiger partial charge in [-0.2, -0.15) is 5.26 Å². The topological polar surface area (TPSA) is 28.1 Å². The van der Waals surface area contributed by atoms with Crippen molar-refractivity contribution in [3.63, 3.8) is 0 Å². The van der Waals surface area contributed by atoms with Crippen molar-refractivity contribution in [2.75, 3.05) is 0 Å². The SMILES string of the molecule is [C-]#[N+]c1ccc(C2=c3cc4c(cc3-c3ccccc32)=C(c2ccc(C#N)cc2)c2ccccc2-4)cc1. The minimum atomic E-state index is 0.649. The largest absolute Gasteiger partial charge is 0.238 e. The maximum Gasteiger partial charge on any atom is 0.187 e. The summed E-state index contributed by atoms with van der Waals surface area (Å²) in [7, 11) is 0. The minimum Gasteiger partial charge on any atom is -0.238 e. The molecule has 0 N–H and O–H groups in total. The molecule has 0 amide bonds. The summed E-state index contributed by atoms with van der Waals surface area (Å²) in [5, 5.41) is 11.7. The van der Waals surface area contributed by atoms with Gasteiger partial charge < -0.3 is 0 Å². The second-order valence-corrected chi connectivity index (χ2v) is 9.13. The molecule has 0 atom stereocenters. The molecular formula is C34H18N2. The van der Waals surface area contributed by atoms with Crippen LogP contribution in [0.1, 0.15) is 27.8 Å². The summed E-state index contributed by atoms with van der Waals surface area (Å²) in [4.78, 5) is 3.57. The molecule has 0 aliphatic heterocycles. The zero-order valence-electron chi connectivity index (χ0n) is 19.3. The van der Waals surface area contributed by atoms with Crippen molar-refractivity contribution in [3.8, 4) is 28.3 Å². The maximum absolute atomic E-state index is 9.28. The number of hydrogen-bond donors (Lipinski definition) is 0. The van der Waals surface area contributed by atoms with E-state index in [9.17, 15) is 5.26 Å². The Bertz CT molecular complexity index is 1780. The van der Waals surface area contributed by atoms with Crippen LogP contribution >= 0.6 is 0 Å². The van der Waals surface area contributed by atoms with Crippen LogP contribution in [0.15, 0.2) is 109 Å². The van der Waals surface area contributed by atoms with Crippen molar-refractivity contribution in [1.29, 1.82) is 5.26 Å². The lowest BCUT2D eigenvalue weighted by Gasteiger charge is -2.07. The number of rotatable bonds is 2. The molecule has 0 spiro atoms. The Kier molecular flexibility index (Phi) is 4.31. The van der Waals surface area contributed by atoms with Crippen molar-refractivity contribution >= 4 is 16.8 Å². The average molecular weight is 455 g/mol. The highest BCUT2D eigenvalue weighted by Gasteiger charge is 2.26. The molecule has 0 radical (unpaired) electrons. The molecular weight excluding hydrogens is 436 g/mol. The molecule has 5 aromatic carbocycles. The van der Waals surface area contributed by atoms with Crippen LogP contribution in [-0.2, 0) is 0 Å². The molecule has 0 saturated heterocycles. The van der Waals surface area contributed by atoms with Crippen LogP contribution < -0.4 is 10.4 Å². The van der Waals surface area contributed by atoms with E-state index in [0.29, 0.717) is 11.3 Å². The van der Waals surface area contributed by atoms with E-state index in [0.717, 1.165) is 11.1 Å². The maximum atomic E-state index is 9.28. The predicted octanol–water partition coefficient (Wildman–Crippen LogP) is 6.56. The fourth-order valence-electron chi connectivity index (χ4n) is 5.66. The summed E-state index contributed by atoms with van der Waals surface area (Å²) in [6, 6.07) is 39.9. The molecule has 2 heteroatoms. The van der Waals surface area contributed by atoms with E-state index in [2.05, 4.69) is 95.8 Å². The normalized spacial score (nSPS) is 12.3. The molecule has 2 nitrogen and oxygen atoms in total. The second kappa shape index (κ2) is 7.67. The highest BCUT2D eigenvalue weighted by atomic mass is 14.6. The van der Waals surface area contributed by atoms with Gasteiger partial charge in [0.25, 0.3) is 0 Å². The number of fused-ring (bicyclic) bond motifs is 6. The van der Waals surface area contributed by atoms with Crippen LogP contribution in [0.3, 0.4) is 0 Å². The highest BCUT2D eigenvalue weighted by molar-refractivity contribution is 6.00. The lowest BCUT2D eigenvalue weighted by molar-refractivity contribution is 1.47. The van der Waals surface area contributed by atoms with Gasteiger partial charge in [-0.25, -0.2) is 4.85 Å². The van der Waals surface area contributed by atoms with Crippen molar-refractivity contribution in [2.24, 2.45) is 0 Å². The summed E-state index contributed by atoms with van der Waals surface area (Å²) in [5.74, 6) is 0. The van der Waals surface area contributed by atoms with Gasteiger partial charge in [0.1, 0.15) is 0 Å². The first-order chi connectivity index (χ1) is 17.8. The van der Waals surface area contributed by atoms with Crippen LogP contribution in [0.25, 0.3) is 38.2 Å². The Morgan fingerprint density at radius 2 is 0.972 bits per heavy atom. The van der Waals surface area contributed by atoms with E-state index in [1.165, 1.54) is 55.0 Å². The van der Waals surface area contributed by atoms with Gasteiger partial charge in [0.05, 0.1) is 18.2 Å². The zero-order chi connectivity index (χ0) is 24.2. The molecule has 2 aliphatic rings. The van der Waals surface area contributed by atoms with Gasteiger partial charge in [0.2, 0.25) is 0 Å². The van der Waals surface area contributed by atoms with Gasteiger partial charge in [-0.1, -0.05) is 84.9 Å². The Labute approximate surface area is 209 Å². The summed E-state index contributed by atoms with van der Waals surface area (Å²) in [6.07, 6.45) is 0. The summed E-state index contributed by atoms with van der Waals surface area (Å²) < 4.78 is 0. The van der Waals surface area contributed by atoms with Crippen molar-refractivity contribution in [1.82, 2.24) is 0 Å². The first kappa shape index (κ1) is 20.2. The molecule has 0 unspecified atom stereocenters. The fraction of sp³-hybridized carbons (Fsp3) is 0. The quantitative estimate of drug-likeness (QED) is 0.272. The second-order valence-electron chi connectivity index (χ2n) is 9.13. The van der Waals surface area contributed by atoms with Gasteiger partial charge in [-0.15, -0.1) is 0 Å². The Hall–Kier alpha value is -5.18. The van der Waals surface area contributed by atoms with Crippen molar-refractivity contribution in [3.05, 3.63) is 159 Å². The van der Waals surface area contributed by atoms with Gasteiger partial charge in [0.15, 0.2) is 5.69 Å². The third kappa shape index (κ3) is 2.83. The zero-order valence-corrected chi connectivity index (χ0v) is 19.3. The lowest BCUT2D eigenvalue weighted by atomic mass is 9.96. The molecule has 0 aromatic heterocycles. The number of nitriles is 1. The van der Waals surface area contributed by atoms with E-state index in [1.807, 2.05) is 24.3 Å². The van der Waals surface area contributed by atoms with E-state index >= 15 is 0 Å². The third-order valence-electron chi connectivity index (χ3n) is 7.26. The van der Waals surface area contributed by atoms with E-state index in [4.69, 9.17) is 6.57 Å². The lowest BCUT2D eigenvalue weighted by Crippen LogP contribution is -2.15. The first-order valence-electron chi connectivity index (χ1n) is 11.9. The van der Waals surface area contributed by atoms with Crippen LogP contribution in [0.4, 0.5) is 5.69 Å². The van der Waals surface area contributed by atoms with Gasteiger partial charge in [0, 0.05) is 0 Å². The number of nitrogens with zero attached hydrogens (tertiary/aromatic N) is 2. The Balaban J connectivity index is 1.59. The number of hydrogen-bond acceptors (Lipinski definition) is 1. The molecule has 5 aromatic rings. The Morgan fingerprint density at radius 1 is 0.528 bits per heavy atom. The molecule has 0 saturated carbocycles. The summed E-state index contributed by atoms with van der Waals surface area (Å²) in [5.41, 5.74) is 13.3. The van der Waals surface area contributed by atoms with Gasteiger partial charge >= 0.3 is 0 Å². The summed E-state index contributed by atoms with van der Waals surface area (Å²) in [6.45, 7) is 7.32. The molecule has 0 fully saturated rings. The molecule has 164 valence electrons. The van der Waals surface area contributed by atoms with Gasteiger partial charge in [-0.3, -0.25) is 0 Å². The van der Waals surface area contributed by atoms with Crippen molar-refractivity contribution < 1.29 is 0 Å². The predicted molar refractivity (Wildman–Crippen MR) is 144 cm³/mol. The van der Waals surface area contributed by atoms with Crippen LogP contribution in [0.5, 0.6) is 0 Å². The van der Waals surface area contributed by atoms with E-state index < -0.39 is 0 Å². The van der Waals surface area contributed by atoms with E-state index in [1.54, 1.807) is 0 Å². The minimum absolute atomic E-state index is 0.649. The highest BCUT2D eigenvalue weighted by Crippen LogP contribution is 2.39. The van der Waals surface area contributed by atoms with Crippen LogP contribution in [0, 0.1) is 17.9 Å². The smallest absolute Gasteiger partial charge is 0.187 e. The molecule has 7 rings (SSSR count). The first-order valence-corrected chi connectivity index (χ1v) is 11.9. The fourth-order valence-corrected chi connectivity index (χ4v) is 5.66.